The van der Waals surface area contributed by atoms with Crippen LogP contribution < -0.4 is 0 Å². The highest BCUT2D eigenvalue weighted by atomic mass is 35.5. The Hall–Kier alpha value is -2.01. The number of alkyl halides is 1. The monoisotopic (exact) mass is 296 g/mol. The summed E-state index contributed by atoms with van der Waals surface area (Å²) >= 11 is 5.79. The van der Waals surface area contributed by atoms with Crippen molar-refractivity contribution in [2.45, 2.75) is 5.88 Å². The summed E-state index contributed by atoms with van der Waals surface area (Å²) in [7, 11) is 0. The van der Waals surface area contributed by atoms with E-state index in [0.29, 0.717) is 16.9 Å². The van der Waals surface area contributed by atoms with E-state index in [2.05, 4.69) is 4.98 Å². The Morgan fingerprint density at radius 2 is 1.90 bits per heavy atom. The zero-order valence-corrected chi connectivity index (χ0v) is 10.8. The molecule has 102 valence electrons. The molecule has 2 aromatic carbocycles. The van der Waals surface area contributed by atoms with Crippen LogP contribution in [0.4, 0.5) is 13.2 Å². The Labute approximate surface area is 117 Å². The summed E-state index contributed by atoms with van der Waals surface area (Å²) in [5, 5.41) is 0. The van der Waals surface area contributed by atoms with Crippen molar-refractivity contribution in [3.05, 3.63) is 59.7 Å². The van der Waals surface area contributed by atoms with Crippen molar-refractivity contribution in [2.24, 2.45) is 0 Å². The molecular weight excluding hydrogens is 289 g/mol. The molecule has 3 rings (SSSR count). The van der Waals surface area contributed by atoms with Crippen LogP contribution in [0.2, 0.25) is 0 Å². The number of halogens is 4. The summed E-state index contributed by atoms with van der Waals surface area (Å²) in [6, 6.07) is 7.70. The number of hydrogen-bond donors (Lipinski definition) is 0. The van der Waals surface area contributed by atoms with E-state index in [1.54, 1.807) is 0 Å². The lowest BCUT2D eigenvalue weighted by Gasteiger charge is -2.09. The van der Waals surface area contributed by atoms with Gasteiger partial charge in [0.05, 0.1) is 22.6 Å². The van der Waals surface area contributed by atoms with Crippen LogP contribution >= 0.6 is 11.6 Å². The second-order valence-corrected chi connectivity index (χ2v) is 4.47. The van der Waals surface area contributed by atoms with E-state index in [-0.39, 0.29) is 11.6 Å². The van der Waals surface area contributed by atoms with Crippen molar-refractivity contribution in [3.63, 3.8) is 0 Å². The maximum atomic E-state index is 13.9. The summed E-state index contributed by atoms with van der Waals surface area (Å²) < 4.78 is 42.0. The largest absolute Gasteiger partial charge is 0.292 e. The Morgan fingerprint density at radius 1 is 1.10 bits per heavy atom. The van der Waals surface area contributed by atoms with Crippen LogP contribution in [-0.4, -0.2) is 9.55 Å². The van der Waals surface area contributed by atoms with Crippen molar-refractivity contribution >= 4 is 22.6 Å². The molecule has 1 aromatic heterocycles. The predicted molar refractivity (Wildman–Crippen MR) is 70.5 cm³/mol. The summed E-state index contributed by atoms with van der Waals surface area (Å²) in [4.78, 5) is 4.19. The Bertz CT molecular complexity index is 798. The zero-order valence-electron chi connectivity index (χ0n) is 10.1. The molecule has 0 aliphatic heterocycles. The van der Waals surface area contributed by atoms with Gasteiger partial charge in [0, 0.05) is 6.07 Å². The van der Waals surface area contributed by atoms with E-state index in [9.17, 15) is 13.2 Å². The van der Waals surface area contributed by atoms with Crippen LogP contribution in [0.5, 0.6) is 0 Å². The van der Waals surface area contributed by atoms with Crippen molar-refractivity contribution in [3.8, 4) is 5.69 Å². The quantitative estimate of drug-likeness (QED) is 0.649. The minimum atomic E-state index is -1.03. The lowest BCUT2D eigenvalue weighted by atomic mass is 10.2. The van der Waals surface area contributed by atoms with Crippen LogP contribution in [0, 0.1) is 17.5 Å². The number of rotatable bonds is 2. The first kappa shape index (κ1) is 13.0. The maximum absolute atomic E-state index is 13.9. The van der Waals surface area contributed by atoms with Crippen molar-refractivity contribution in [2.75, 3.05) is 0 Å². The normalized spacial score (nSPS) is 11.2. The first-order chi connectivity index (χ1) is 9.61. The maximum Gasteiger partial charge on any atom is 0.182 e. The summed E-state index contributed by atoms with van der Waals surface area (Å²) in [5.74, 6) is -2.19. The molecule has 2 nitrogen and oxygen atoms in total. The molecular formula is C14H8ClF3N2. The minimum absolute atomic E-state index is 0.00769. The Morgan fingerprint density at radius 3 is 2.65 bits per heavy atom. The molecule has 20 heavy (non-hydrogen) atoms. The third-order valence-electron chi connectivity index (χ3n) is 2.98. The summed E-state index contributed by atoms with van der Waals surface area (Å²) in [5.41, 5.74) is 0.754. The molecule has 0 saturated heterocycles. The Kier molecular flexibility index (Phi) is 3.14. The highest BCUT2D eigenvalue weighted by molar-refractivity contribution is 6.17. The zero-order chi connectivity index (χ0) is 14.3. The molecule has 0 fully saturated rings. The van der Waals surface area contributed by atoms with Crippen LogP contribution in [0.25, 0.3) is 16.7 Å². The second kappa shape index (κ2) is 4.83. The van der Waals surface area contributed by atoms with Crippen LogP contribution in [0.1, 0.15) is 5.82 Å². The van der Waals surface area contributed by atoms with Gasteiger partial charge in [-0.3, -0.25) is 4.57 Å². The van der Waals surface area contributed by atoms with E-state index >= 15 is 0 Å². The summed E-state index contributed by atoms with van der Waals surface area (Å²) in [6.45, 7) is 0. The van der Waals surface area contributed by atoms with Crippen LogP contribution in [0.3, 0.4) is 0 Å². The molecule has 6 heteroatoms. The lowest BCUT2D eigenvalue weighted by Crippen LogP contribution is -2.03. The SMILES string of the molecule is Fc1ccc2nc(CCl)n(-c3cccc(F)c3F)c2c1. The fraction of sp³-hybridized carbons (Fsp3) is 0.0714. The fourth-order valence-electron chi connectivity index (χ4n) is 2.12. The molecule has 0 N–H and O–H groups in total. The van der Waals surface area contributed by atoms with Gasteiger partial charge in [0.25, 0.3) is 0 Å². The van der Waals surface area contributed by atoms with E-state index in [1.165, 1.54) is 34.9 Å². The second-order valence-electron chi connectivity index (χ2n) is 4.20. The average molecular weight is 297 g/mol. The number of aromatic nitrogens is 2. The van der Waals surface area contributed by atoms with E-state index in [1.807, 2.05) is 0 Å². The van der Waals surface area contributed by atoms with Crippen LogP contribution in [-0.2, 0) is 5.88 Å². The van der Waals surface area contributed by atoms with E-state index in [4.69, 9.17) is 11.6 Å². The molecule has 0 aliphatic carbocycles. The minimum Gasteiger partial charge on any atom is -0.292 e. The topological polar surface area (TPSA) is 17.8 Å². The van der Waals surface area contributed by atoms with Gasteiger partial charge < -0.3 is 0 Å². The molecule has 0 spiro atoms. The first-order valence-corrected chi connectivity index (χ1v) is 6.32. The van der Waals surface area contributed by atoms with Crippen molar-refractivity contribution in [1.82, 2.24) is 9.55 Å². The Balaban J connectivity index is 2.39. The van der Waals surface area contributed by atoms with Crippen LogP contribution in [0.15, 0.2) is 36.4 Å². The number of benzene rings is 2. The predicted octanol–water partition coefficient (Wildman–Crippen LogP) is 4.18. The molecule has 0 saturated carbocycles. The third-order valence-corrected chi connectivity index (χ3v) is 3.22. The van der Waals surface area contributed by atoms with E-state index < -0.39 is 17.5 Å². The van der Waals surface area contributed by atoms with Gasteiger partial charge in [0.15, 0.2) is 11.6 Å². The first-order valence-electron chi connectivity index (χ1n) is 5.79. The van der Waals surface area contributed by atoms with Gasteiger partial charge >= 0.3 is 0 Å². The number of fused-ring (bicyclic) bond motifs is 1. The van der Waals surface area contributed by atoms with Crippen molar-refractivity contribution < 1.29 is 13.2 Å². The molecule has 0 aliphatic rings. The number of imidazole rings is 1. The van der Waals surface area contributed by atoms with Gasteiger partial charge in [0.1, 0.15) is 11.6 Å². The molecule has 3 aromatic rings. The van der Waals surface area contributed by atoms with Gasteiger partial charge in [0.2, 0.25) is 0 Å². The van der Waals surface area contributed by atoms with Gasteiger partial charge in [-0.25, -0.2) is 18.2 Å². The molecule has 0 unspecified atom stereocenters. The lowest BCUT2D eigenvalue weighted by molar-refractivity contribution is 0.504. The van der Waals surface area contributed by atoms with Gasteiger partial charge in [-0.15, -0.1) is 11.6 Å². The van der Waals surface area contributed by atoms with Crippen molar-refractivity contribution in [1.29, 1.82) is 0 Å². The smallest absolute Gasteiger partial charge is 0.182 e. The standard InChI is InChI=1S/C14H8ClF3N2/c15-7-13-19-10-5-4-8(16)6-12(10)20(13)11-3-1-2-9(17)14(11)18/h1-6H,7H2. The fourth-order valence-corrected chi connectivity index (χ4v) is 2.30. The molecule has 0 atom stereocenters. The van der Waals surface area contributed by atoms with E-state index in [0.717, 1.165) is 6.07 Å². The molecule has 1 heterocycles. The molecule has 0 bridgehead atoms. The average Bonchev–Trinajstić information content (AvgIpc) is 2.79. The van der Waals surface area contributed by atoms with Gasteiger partial charge in [-0.1, -0.05) is 6.07 Å². The summed E-state index contributed by atoms with van der Waals surface area (Å²) in [6.07, 6.45) is 0. The highest BCUT2D eigenvalue weighted by Crippen LogP contribution is 2.26. The molecule has 0 amide bonds. The van der Waals surface area contributed by atoms with Gasteiger partial charge in [-0.05, 0) is 24.3 Å². The third kappa shape index (κ3) is 1.94. The number of hydrogen-bond acceptors (Lipinski definition) is 1. The molecule has 0 radical (unpaired) electrons. The number of nitrogens with zero attached hydrogens (tertiary/aromatic N) is 2. The van der Waals surface area contributed by atoms with Gasteiger partial charge in [-0.2, -0.15) is 0 Å². The highest BCUT2D eigenvalue weighted by Gasteiger charge is 2.17.